The first kappa shape index (κ1) is 29.2. The number of amides is 2. The first-order valence-electron chi connectivity index (χ1n) is 11.9. The summed E-state index contributed by atoms with van der Waals surface area (Å²) in [6.45, 7) is 6.41. The topological polar surface area (TPSA) is 113 Å². The molecule has 1 fully saturated rings. The average molecular weight is 572 g/mol. The maximum atomic E-state index is 13.9. The minimum absolute atomic E-state index is 0.260. The number of carbonyl (C=O) groups excluding carboxylic acids is 1. The van der Waals surface area contributed by atoms with Crippen LogP contribution in [0.5, 0.6) is 0 Å². The highest BCUT2D eigenvalue weighted by Gasteiger charge is 2.48. The third-order valence-electron chi connectivity index (χ3n) is 6.46. The molecule has 4 atom stereocenters. The van der Waals surface area contributed by atoms with Gasteiger partial charge in [-0.2, -0.15) is 0 Å². The number of nitrogens with one attached hydrogen (secondary N) is 1. The third kappa shape index (κ3) is 6.76. The van der Waals surface area contributed by atoms with E-state index in [1.54, 1.807) is 68.1 Å². The van der Waals surface area contributed by atoms with Crippen LogP contribution in [0.4, 0.5) is 4.79 Å². The SMILES string of the molecule is CC[C@@H](CS(=O)(=O)C(C)(C)C)N1C(=O)[C@@H](CNC(=O)O)O[C@H](c2cccc(Cl)c2)[C@H]1c1ccc(Cl)cc1. The zero-order valence-electron chi connectivity index (χ0n) is 21.1. The van der Waals surface area contributed by atoms with Gasteiger partial charge in [0, 0.05) is 16.1 Å². The first-order valence-corrected chi connectivity index (χ1v) is 14.3. The molecule has 0 saturated carbocycles. The smallest absolute Gasteiger partial charge is 0.404 e. The third-order valence-corrected chi connectivity index (χ3v) is 9.64. The Kier molecular flexibility index (Phi) is 9.16. The van der Waals surface area contributed by atoms with Gasteiger partial charge < -0.3 is 20.1 Å². The lowest BCUT2D eigenvalue weighted by Crippen LogP contribution is -2.59. The van der Waals surface area contributed by atoms with Gasteiger partial charge in [-0.3, -0.25) is 4.79 Å². The van der Waals surface area contributed by atoms with E-state index in [4.69, 9.17) is 33.0 Å². The molecule has 0 bridgehead atoms. The maximum absolute atomic E-state index is 13.9. The van der Waals surface area contributed by atoms with Crippen LogP contribution >= 0.6 is 23.2 Å². The number of carbonyl (C=O) groups is 2. The molecule has 2 aromatic rings. The first-order chi connectivity index (χ1) is 17.2. The van der Waals surface area contributed by atoms with Crippen molar-refractivity contribution in [3.63, 3.8) is 0 Å². The molecule has 37 heavy (non-hydrogen) atoms. The quantitative estimate of drug-likeness (QED) is 0.447. The summed E-state index contributed by atoms with van der Waals surface area (Å²) in [6.07, 6.45) is -2.88. The number of hydrogen-bond donors (Lipinski definition) is 2. The molecular weight excluding hydrogens is 539 g/mol. The van der Waals surface area contributed by atoms with Crippen LogP contribution in [0.2, 0.25) is 10.0 Å². The molecule has 0 aliphatic carbocycles. The Morgan fingerprint density at radius 2 is 1.76 bits per heavy atom. The van der Waals surface area contributed by atoms with E-state index in [2.05, 4.69) is 5.32 Å². The summed E-state index contributed by atoms with van der Waals surface area (Å²) in [5, 5.41) is 12.4. The van der Waals surface area contributed by atoms with Crippen molar-refractivity contribution in [1.82, 2.24) is 10.2 Å². The molecule has 1 aliphatic rings. The summed E-state index contributed by atoms with van der Waals surface area (Å²) in [4.78, 5) is 26.7. The molecular formula is C26H32Cl2N2O6S. The van der Waals surface area contributed by atoms with Gasteiger partial charge in [0.25, 0.3) is 5.91 Å². The molecule has 8 nitrogen and oxygen atoms in total. The van der Waals surface area contributed by atoms with Crippen molar-refractivity contribution in [2.24, 2.45) is 0 Å². The number of nitrogens with zero attached hydrogens (tertiary/aromatic N) is 1. The lowest BCUT2D eigenvalue weighted by molar-refractivity contribution is -0.177. The van der Waals surface area contributed by atoms with E-state index in [0.29, 0.717) is 27.6 Å². The second-order valence-corrected chi connectivity index (χ2v) is 13.6. The van der Waals surface area contributed by atoms with E-state index >= 15 is 0 Å². The van der Waals surface area contributed by atoms with Crippen LogP contribution in [0.25, 0.3) is 0 Å². The Bertz CT molecular complexity index is 1230. The van der Waals surface area contributed by atoms with E-state index in [0.717, 1.165) is 0 Å². The van der Waals surface area contributed by atoms with Gasteiger partial charge in [-0.15, -0.1) is 0 Å². The van der Waals surface area contributed by atoms with E-state index in [9.17, 15) is 18.0 Å². The summed E-state index contributed by atoms with van der Waals surface area (Å²) in [7, 11) is -3.61. The molecule has 1 saturated heterocycles. The Labute approximate surface area is 227 Å². The average Bonchev–Trinajstić information content (AvgIpc) is 2.81. The number of halogens is 2. The minimum atomic E-state index is -3.61. The van der Waals surface area contributed by atoms with Gasteiger partial charge in [0.15, 0.2) is 15.9 Å². The summed E-state index contributed by atoms with van der Waals surface area (Å²) in [5.74, 6) is -0.757. The van der Waals surface area contributed by atoms with E-state index in [-0.39, 0.29) is 12.3 Å². The number of sulfone groups is 1. The van der Waals surface area contributed by atoms with Gasteiger partial charge in [0.2, 0.25) is 0 Å². The van der Waals surface area contributed by atoms with Crippen LogP contribution < -0.4 is 5.32 Å². The molecule has 2 N–H and O–H groups in total. The Morgan fingerprint density at radius 3 is 2.30 bits per heavy atom. The van der Waals surface area contributed by atoms with Gasteiger partial charge in [-0.05, 0) is 62.6 Å². The molecule has 0 unspecified atom stereocenters. The van der Waals surface area contributed by atoms with Crippen LogP contribution in [-0.2, 0) is 19.4 Å². The normalized spacial score (nSPS) is 21.5. The predicted molar refractivity (Wildman–Crippen MR) is 144 cm³/mol. The standard InChI is InChI=1S/C26H32Cl2N2O6S/c1-5-20(15-37(34,35)26(2,3)4)30-22(16-9-11-18(27)12-10-16)23(17-7-6-8-19(28)13-17)36-21(24(30)31)14-29-25(32)33/h6-13,20-23,29H,5,14-15H2,1-4H3,(H,32,33)/t20-,21+,22+,23+/m0/s1. The van der Waals surface area contributed by atoms with Gasteiger partial charge in [-0.1, -0.05) is 54.4 Å². The number of ether oxygens (including phenoxy) is 1. The van der Waals surface area contributed by atoms with Crippen molar-refractivity contribution in [2.45, 2.75) is 63.2 Å². The molecule has 0 spiro atoms. The Morgan fingerprint density at radius 1 is 1.11 bits per heavy atom. The fraction of sp³-hybridized carbons (Fsp3) is 0.462. The van der Waals surface area contributed by atoms with Crippen LogP contribution in [0.1, 0.15) is 57.4 Å². The molecule has 1 heterocycles. The molecule has 1 aliphatic heterocycles. The highest BCUT2D eigenvalue weighted by molar-refractivity contribution is 7.92. The van der Waals surface area contributed by atoms with Gasteiger partial charge >= 0.3 is 6.09 Å². The van der Waals surface area contributed by atoms with Crippen LogP contribution in [0, 0.1) is 0 Å². The minimum Gasteiger partial charge on any atom is -0.465 e. The maximum Gasteiger partial charge on any atom is 0.404 e. The van der Waals surface area contributed by atoms with E-state index in [1.165, 1.54) is 0 Å². The number of rotatable bonds is 8. The lowest BCUT2D eigenvalue weighted by atomic mass is 9.90. The lowest BCUT2D eigenvalue weighted by Gasteiger charge is -2.48. The summed E-state index contributed by atoms with van der Waals surface area (Å²) in [5.41, 5.74) is 1.36. The molecule has 202 valence electrons. The zero-order chi connectivity index (χ0) is 27.5. The van der Waals surface area contributed by atoms with Crippen molar-refractivity contribution in [2.75, 3.05) is 12.3 Å². The fourth-order valence-electron chi connectivity index (χ4n) is 4.32. The van der Waals surface area contributed by atoms with Crippen molar-refractivity contribution in [3.05, 3.63) is 69.7 Å². The second kappa shape index (κ2) is 11.6. The molecule has 11 heteroatoms. The highest BCUT2D eigenvalue weighted by atomic mass is 35.5. The summed E-state index contributed by atoms with van der Waals surface area (Å²) in [6, 6.07) is 12.5. The van der Waals surface area contributed by atoms with Crippen molar-refractivity contribution in [3.8, 4) is 0 Å². The zero-order valence-corrected chi connectivity index (χ0v) is 23.5. The van der Waals surface area contributed by atoms with Crippen LogP contribution in [0.15, 0.2) is 48.5 Å². The summed E-state index contributed by atoms with van der Waals surface area (Å²) < 4.78 is 31.7. The molecule has 2 aromatic carbocycles. The van der Waals surface area contributed by atoms with E-state index < -0.39 is 50.9 Å². The Hall–Kier alpha value is -2.33. The van der Waals surface area contributed by atoms with Crippen molar-refractivity contribution < 1.29 is 27.9 Å². The second-order valence-electron chi connectivity index (χ2n) is 9.98. The largest absolute Gasteiger partial charge is 0.465 e. The number of carboxylic acid groups (broad SMARTS) is 1. The number of benzene rings is 2. The van der Waals surface area contributed by atoms with Crippen molar-refractivity contribution in [1.29, 1.82) is 0 Å². The van der Waals surface area contributed by atoms with Gasteiger partial charge in [-0.25, -0.2) is 13.2 Å². The Balaban J connectivity index is 2.19. The molecule has 0 radical (unpaired) electrons. The summed E-state index contributed by atoms with van der Waals surface area (Å²) >= 11 is 12.4. The number of morpholine rings is 1. The molecule has 2 amide bonds. The fourth-order valence-corrected chi connectivity index (χ4v) is 6.05. The molecule has 3 rings (SSSR count). The monoisotopic (exact) mass is 570 g/mol. The van der Waals surface area contributed by atoms with Gasteiger partial charge in [0.1, 0.15) is 6.10 Å². The van der Waals surface area contributed by atoms with Crippen LogP contribution in [-0.4, -0.2) is 59.6 Å². The predicted octanol–water partition coefficient (Wildman–Crippen LogP) is 5.26. The number of hydrogen-bond acceptors (Lipinski definition) is 5. The van der Waals surface area contributed by atoms with Gasteiger partial charge in [0.05, 0.1) is 23.1 Å². The highest BCUT2D eigenvalue weighted by Crippen LogP contribution is 2.44. The van der Waals surface area contributed by atoms with Crippen molar-refractivity contribution >= 4 is 45.0 Å². The van der Waals surface area contributed by atoms with E-state index in [1.807, 2.05) is 13.0 Å². The van der Waals surface area contributed by atoms with Crippen LogP contribution in [0.3, 0.4) is 0 Å². The molecule has 0 aromatic heterocycles.